The van der Waals surface area contributed by atoms with Crippen molar-refractivity contribution in [3.05, 3.63) is 35.9 Å². The highest BCUT2D eigenvalue weighted by Gasteiger charge is 2.63. The second-order valence-corrected chi connectivity index (χ2v) is 15.0. The van der Waals surface area contributed by atoms with Gasteiger partial charge in [0.15, 0.2) is 0 Å². The fourth-order valence-corrected chi connectivity index (χ4v) is 8.97. The van der Waals surface area contributed by atoms with Crippen molar-refractivity contribution in [2.45, 2.75) is 76.7 Å². The molecule has 24 heavy (non-hydrogen) atoms. The van der Waals surface area contributed by atoms with Crippen molar-refractivity contribution < 1.29 is 4.74 Å². The van der Waals surface area contributed by atoms with Crippen LogP contribution in [-0.2, 0) is 10.3 Å². The molecule has 0 aromatic heterocycles. The van der Waals surface area contributed by atoms with Gasteiger partial charge in [-0.3, -0.25) is 0 Å². The van der Waals surface area contributed by atoms with Gasteiger partial charge in [-0.25, -0.2) is 0 Å². The topological polar surface area (TPSA) is 9.23 Å². The van der Waals surface area contributed by atoms with E-state index in [0.29, 0.717) is 11.3 Å². The van der Waals surface area contributed by atoms with E-state index in [0.717, 1.165) is 12.3 Å². The average Bonchev–Trinajstić information content (AvgIpc) is 2.55. The molecule has 3 rings (SSSR count). The van der Waals surface area contributed by atoms with Crippen molar-refractivity contribution in [1.82, 2.24) is 0 Å². The summed E-state index contributed by atoms with van der Waals surface area (Å²) in [7, 11) is 0.843. The van der Waals surface area contributed by atoms with Gasteiger partial charge in [0.2, 0.25) is 0 Å². The number of fused-ring (bicyclic) bond motifs is 1. The van der Waals surface area contributed by atoms with E-state index in [1.54, 1.807) is 0 Å². The van der Waals surface area contributed by atoms with Gasteiger partial charge < -0.3 is 4.74 Å². The maximum absolute atomic E-state index is 6.38. The minimum atomic E-state index is -1.11. The third-order valence-corrected chi connectivity index (χ3v) is 8.77. The van der Waals surface area contributed by atoms with Gasteiger partial charge in [-0.15, -0.1) is 0 Å². The fourth-order valence-electron chi connectivity index (χ4n) is 6.28. The van der Waals surface area contributed by atoms with Crippen LogP contribution in [0.3, 0.4) is 0 Å². The summed E-state index contributed by atoms with van der Waals surface area (Å²) >= 11 is 0. The molecule has 4 unspecified atom stereocenters. The lowest BCUT2D eigenvalue weighted by Crippen LogP contribution is -2.61. The molecular formula is C22H36OSi. The monoisotopic (exact) mass is 344 g/mol. The lowest BCUT2D eigenvalue weighted by molar-refractivity contribution is -0.200. The second kappa shape index (κ2) is 6.61. The molecule has 0 bridgehead atoms. The van der Waals surface area contributed by atoms with Crippen LogP contribution in [0.4, 0.5) is 0 Å². The summed E-state index contributed by atoms with van der Waals surface area (Å²) in [6.45, 7) is 10.0. The number of hydrogen-bond donors (Lipinski definition) is 0. The lowest BCUT2D eigenvalue weighted by atomic mass is 9.43. The maximum atomic E-state index is 6.38. The number of hydrogen-bond acceptors (Lipinski definition) is 1. The van der Waals surface area contributed by atoms with Gasteiger partial charge in [-0.1, -0.05) is 75.8 Å². The molecule has 0 saturated heterocycles. The first-order valence-corrected chi connectivity index (χ1v) is 13.7. The van der Waals surface area contributed by atoms with E-state index in [1.165, 1.54) is 43.7 Å². The summed E-state index contributed by atoms with van der Waals surface area (Å²) in [6, 6.07) is 12.6. The molecular weight excluding hydrogens is 308 g/mol. The van der Waals surface area contributed by atoms with Crippen LogP contribution in [0.5, 0.6) is 0 Å². The quantitative estimate of drug-likeness (QED) is 0.537. The van der Waals surface area contributed by atoms with Crippen molar-refractivity contribution in [2.75, 3.05) is 7.11 Å². The summed E-state index contributed by atoms with van der Waals surface area (Å²) in [5.74, 6) is 1.65. The largest absolute Gasteiger partial charge is 0.373 e. The van der Waals surface area contributed by atoms with Gasteiger partial charge in [0.1, 0.15) is 0 Å². The molecule has 4 atom stereocenters. The van der Waals surface area contributed by atoms with Gasteiger partial charge in [0.25, 0.3) is 0 Å². The maximum Gasteiger partial charge on any atom is 0.0958 e. The standard InChI is InChI=1S/C22H36OSi/c1-6-22(23-2,18-12-8-7-9-13-18)20-16-19-14-10-11-15-21(19,20)17-24(3,4)5/h7-9,12-13,19-20H,6,10-11,14-17H2,1-5H3. The molecule has 2 heteroatoms. The number of benzene rings is 1. The van der Waals surface area contributed by atoms with Gasteiger partial charge >= 0.3 is 0 Å². The van der Waals surface area contributed by atoms with E-state index >= 15 is 0 Å². The molecule has 2 fully saturated rings. The van der Waals surface area contributed by atoms with E-state index in [4.69, 9.17) is 4.74 Å². The second-order valence-electron chi connectivity index (χ2n) is 9.51. The first kappa shape index (κ1) is 18.2. The Morgan fingerprint density at radius 1 is 1.17 bits per heavy atom. The molecule has 0 aliphatic heterocycles. The van der Waals surface area contributed by atoms with Crippen LogP contribution in [-0.4, -0.2) is 15.2 Å². The number of ether oxygens (including phenoxy) is 1. The number of rotatable bonds is 6. The normalized spacial score (nSPS) is 32.5. The summed E-state index contributed by atoms with van der Waals surface area (Å²) in [5, 5.41) is 0. The van der Waals surface area contributed by atoms with Gasteiger partial charge in [0, 0.05) is 15.2 Å². The van der Waals surface area contributed by atoms with Crippen molar-refractivity contribution in [1.29, 1.82) is 0 Å². The molecule has 2 aliphatic rings. The molecule has 0 radical (unpaired) electrons. The SMILES string of the molecule is CCC(OC)(c1ccccc1)C1CC2CCCCC21C[Si](C)(C)C. The molecule has 1 aromatic carbocycles. The highest BCUT2D eigenvalue weighted by molar-refractivity contribution is 6.76. The Labute approximate surface area is 150 Å². The van der Waals surface area contributed by atoms with Gasteiger partial charge in [-0.2, -0.15) is 0 Å². The summed E-state index contributed by atoms with van der Waals surface area (Å²) in [6.07, 6.45) is 8.22. The fraction of sp³-hybridized carbons (Fsp3) is 0.727. The molecule has 1 nitrogen and oxygen atoms in total. The van der Waals surface area contributed by atoms with Crippen molar-refractivity contribution in [2.24, 2.45) is 17.3 Å². The third kappa shape index (κ3) is 2.90. The average molecular weight is 345 g/mol. The third-order valence-electron chi connectivity index (χ3n) is 7.05. The summed E-state index contributed by atoms with van der Waals surface area (Å²) in [5.41, 5.74) is 1.86. The minimum Gasteiger partial charge on any atom is -0.373 e. The van der Waals surface area contributed by atoms with Crippen LogP contribution in [0.25, 0.3) is 0 Å². The Hall–Kier alpha value is -0.603. The van der Waals surface area contributed by atoms with E-state index in [-0.39, 0.29) is 5.60 Å². The Bertz CT molecular complexity index is 543. The molecule has 2 aliphatic carbocycles. The molecule has 2 saturated carbocycles. The van der Waals surface area contributed by atoms with Crippen molar-refractivity contribution in [3.63, 3.8) is 0 Å². The van der Waals surface area contributed by atoms with Gasteiger partial charge in [0.05, 0.1) is 5.60 Å². The highest BCUT2D eigenvalue weighted by Crippen LogP contribution is 2.68. The van der Waals surface area contributed by atoms with E-state index in [2.05, 4.69) is 56.9 Å². The van der Waals surface area contributed by atoms with Crippen LogP contribution < -0.4 is 0 Å². The zero-order chi connectivity index (χ0) is 17.4. The van der Waals surface area contributed by atoms with Crippen LogP contribution in [0.15, 0.2) is 30.3 Å². The smallest absolute Gasteiger partial charge is 0.0958 e. The van der Waals surface area contributed by atoms with Crippen LogP contribution in [0, 0.1) is 17.3 Å². The van der Waals surface area contributed by atoms with E-state index in [9.17, 15) is 0 Å². The summed E-state index contributed by atoms with van der Waals surface area (Å²) in [4.78, 5) is 0. The van der Waals surface area contributed by atoms with Crippen LogP contribution in [0.1, 0.15) is 51.0 Å². The van der Waals surface area contributed by atoms with Crippen molar-refractivity contribution in [3.8, 4) is 0 Å². The molecule has 0 heterocycles. The molecule has 0 N–H and O–H groups in total. The molecule has 1 aromatic rings. The zero-order valence-corrected chi connectivity index (χ0v) is 17.4. The summed E-state index contributed by atoms with van der Waals surface area (Å²) < 4.78 is 6.38. The first-order valence-electron chi connectivity index (χ1n) is 9.99. The highest BCUT2D eigenvalue weighted by atomic mass is 28.3. The Balaban J connectivity index is 2.01. The zero-order valence-electron chi connectivity index (χ0n) is 16.4. The van der Waals surface area contributed by atoms with E-state index < -0.39 is 8.07 Å². The van der Waals surface area contributed by atoms with Crippen LogP contribution in [0.2, 0.25) is 25.7 Å². The van der Waals surface area contributed by atoms with Gasteiger partial charge in [-0.05, 0) is 48.5 Å². The first-order chi connectivity index (χ1) is 11.4. The van der Waals surface area contributed by atoms with E-state index in [1.807, 2.05) is 7.11 Å². The molecule has 0 amide bonds. The number of methoxy groups -OCH3 is 1. The predicted molar refractivity (Wildman–Crippen MR) is 106 cm³/mol. The Morgan fingerprint density at radius 3 is 2.42 bits per heavy atom. The molecule has 134 valence electrons. The Kier molecular flexibility index (Phi) is 5.01. The minimum absolute atomic E-state index is 0.0885. The van der Waals surface area contributed by atoms with Crippen LogP contribution >= 0.6 is 0 Å². The predicted octanol–water partition coefficient (Wildman–Crippen LogP) is 6.47. The lowest BCUT2D eigenvalue weighted by Gasteiger charge is -2.66. The Morgan fingerprint density at radius 2 is 1.88 bits per heavy atom. The van der Waals surface area contributed by atoms with Crippen molar-refractivity contribution >= 4 is 8.07 Å². The molecule has 0 spiro atoms.